The molecule has 0 amide bonds. The van der Waals surface area contributed by atoms with E-state index in [1.807, 2.05) is 12.1 Å². The van der Waals surface area contributed by atoms with Crippen LogP contribution in [0.1, 0.15) is 17.0 Å². The normalized spacial score (nSPS) is 20.1. The Morgan fingerprint density at radius 3 is 3.10 bits per heavy atom. The summed E-state index contributed by atoms with van der Waals surface area (Å²) in [7, 11) is 2.07. The summed E-state index contributed by atoms with van der Waals surface area (Å²) in [5.41, 5.74) is 4.98. The van der Waals surface area contributed by atoms with E-state index < -0.39 is 0 Å². The van der Waals surface area contributed by atoms with E-state index in [4.69, 9.17) is 11.6 Å². The average Bonchev–Trinajstić information content (AvgIpc) is 3.03. The number of phenols is 1. The fraction of sp³-hybridized carbons (Fsp3) is 0.375. The van der Waals surface area contributed by atoms with Crippen LogP contribution in [0.15, 0.2) is 18.2 Å². The van der Waals surface area contributed by atoms with Crippen LogP contribution in [0.2, 0.25) is 0 Å². The summed E-state index contributed by atoms with van der Waals surface area (Å²) in [6, 6.07) is 5.98. The minimum atomic E-state index is 0.340. The molecule has 0 saturated carbocycles. The molecule has 0 fully saturated rings. The monoisotopic (exact) mass is 288 g/mol. The number of fused-ring (bicyclic) bond motifs is 5. The highest BCUT2D eigenvalue weighted by Gasteiger charge is 2.31. The van der Waals surface area contributed by atoms with Crippen LogP contribution in [0.4, 0.5) is 11.4 Å². The topological polar surface area (TPSA) is 35.5 Å². The van der Waals surface area contributed by atoms with Crippen LogP contribution < -0.4 is 10.2 Å². The van der Waals surface area contributed by atoms with Crippen molar-refractivity contribution in [2.24, 2.45) is 0 Å². The number of aromatic hydroxyl groups is 1. The van der Waals surface area contributed by atoms with Crippen LogP contribution in [0.25, 0.3) is 10.8 Å². The van der Waals surface area contributed by atoms with Gasteiger partial charge < -0.3 is 15.3 Å². The number of nitrogens with zero attached hydrogens (tertiary/aromatic N) is 1. The van der Waals surface area contributed by atoms with E-state index in [1.54, 1.807) is 0 Å². The fourth-order valence-corrected chi connectivity index (χ4v) is 3.96. The van der Waals surface area contributed by atoms with Gasteiger partial charge >= 0.3 is 0 Å². The number of alkyl halides is 1. The van der Waals surface area contributed by atoms with Gasteiger partial charge in [0.2, 0.25) is 0 Å². The SMILES string of the molecule is CN1C[C@@H](CCl)c2c1cc(O)c1ccc3c(c21)CCN3. The number of anilines is 2. The molecule has 1 atom stereocenters. The minimum absolute atomic E-state index is 0.340. The predicted molar refractivity (Wildman–Crippen MR) is 84.5 cm³/mol. The molecule has 0 spiro atoms. The summed E-state index contributed by atoms with van der Waals surface area (Å²) >= 11 is 6.19. The summed E-state index contributed by atoms with van der Waals surface area (Å²) < 4.78 is 0. The molecule has 0 aromatic heterocycles. The number of hydrogen-bond donors (Lipinski definition) is 2. The fourth-order valence-electron chi connectivity index (χ4n) is 3.70. The molecule has 0 bridgehead atoms. The number of nitrogens with one attached hydrogen (secondary N) is 1. The molecule has 0 aliphatic carbocycles. The van der Waals surface area contributed by atoms with Crippen molar-refractivity contribution in [1.29, 1.82) is 0 Å². The summed E-state index contributed by atoms with van der Waals surface area (Å²) in [6.07, 6.45) is 1.02. The summed E-state index contributed by atoms with van der Waals surface area (Å²) in [5, 5.41) is 16.0. The van der Waals surface area contributed by atoms with Gasteiger partial charge in [-0.2, -0.15) is 0 Å². The van der Waals surface area contributed by atoms with Gasteiger partial charge in [0.15, 0.2) is 0 Å². The zero-order valence-electron chi connectivity index (χ0n) is 11.4. The average molecular weight is 289 g/mol. The zero-order chi connectivity index (χ0) is 13.9. The van der Waals surface area contributed by atoms with Gasteiger partial charge in [0, 0.05) is 54.8 Å². The van der Waals surface area contributed by atoms with Crippen LogP contribution in [0.5, 0.6) is 5.75 Å². The Kier molecular flexibility index (Phi) is 2.55. The lowest BCUT2D eigenvalue weighted by Crippen LogP contribution is -2.15. The number of benzene rings is 2. The van der Waals surface area contributed by atoms with Crippen LogP contribution in [0.3, 0.4) is 0 Å². The van der Waals surface area contributed by atoms with Gasteiger partial charge in [0.25, 0.3) is 0 Å². The molecule has 0 unspecified atom stereocenters. The molecule has 4 rings (SSSR count). The molecule has 104 valence electrons. The third-order valence-electron chi connectivity index (χ3n) is 4.60. The second-order valence-electron chi connectivity index (χ2n) is 5.75. The van der Waals surface area contributed by atoms with Gasteiger partial charge in [0.1, 0.15) is 5.75 Å². The van der Waals surface area contributed by atoms with E-state index in [0.29, 0.717) is 17.5 Å². The Hall–Kier alpha value is -1.61. The van der Waals surface area contributed by atoms with E-state index >= 15 is 0 Å². The molecule has 0 radical (unpaired) electrons. The summed E-state index contributed by atoms with van der Waals surface area (Å²) in [5.74, 6) is 1.33. The second-order valence-corrected chi connectivity index (χ2v) is 6.06. The number of likely N-dealkylation sites (N-methyl/N-ethyl adjacent to an activating group) is 1. The van der Waals surface area contributed by atoms with Crippen molar-refractivity contribution in [2.75, 3.05) is 36.2 Å². The molecule has 2 aliphatic heterocycles. The molecule has 4 heteroatoms. The number of halogens is 1. The molecule has 2 aromatic carbocycles. The third kappa shape index (κ3) is 1.47. The van der Waals surface area contributed by atoms with Crippen LogP contribution >= 0.6 is 11.6 Å². The van der Waals surface area contributed by atoms with Crippen molar-refractivity contribution in [3.05, 3.63) is 29.3 Å². The van der Waals surface area contributed by atoms with Gasteiger partial charge in [0.05, 0.1) is 0 Å². The number of rotatable bonds is 1. The molecule has 2 heterocycles. The van der Waals surface area contributed by atoms with Gasteiger partial charge in [-0.05, 0) is 35.1 Å². The molecule has 2 N–H and O–H groups in total. The van der Waals surface area contributed by atoms with Crippen LogP contribution in [-0.4, -0.2) is 31.1 Å². The lowest BCUT2D eigenvalue weighted by atomic mass is 9.91. The molecule has 3 nitrogen and oxygen atoms in total. The molecule has 2 aromatic rings. The predicted octanol–water partition coefficient (Wildman–Crippen LogP) is 3.29. The Bertz CT molecular complexity index is 713. The summed E-state index contributed by atoms with van der Waals surface area (Å²) in [4.78, 5) is 2.20. The van der Waals surface area contributed by atoms with Gasteiger partial charge in [-0.25, -0.2) is 0 Å². The number of hydrogen-bond acceptors (Lipinski definition) is 3. The molecule has 0 saturated heterocycles. The van der Waals surface area contributed by atoms with Gasteiger partial charge in [-0.1, -0.05) is 0 Å². The van der Waals surface area contributed by atoms with Crippen molar-refractivity contribution >= 4 is 33.7 Å². The maximum absolute atomic E-state index is 10.4. The Morgan fingerprint density at radius 2 is 2.30 bits per heavy atom. The first-order valence-electron chi connectivity index (χ1n) is 7.03. The maximum atomic E-state index is 10.4. The Morgan fingerprint density at radius 1 is 1.45 bits per heavy atom. The van der Waals surface area contributed by atoms with Gasteiger partial charge in [-0.3, -0.25) is 0 Å². The van der Waals surface area contributed by atoms with E-state index in [-0.39, 0.29) is 0 Å². The second kappa shape index (κ2) is 4.19. The highest BCUT2D eigenvalue weighted by Crippen LogP contribution is 2.47. The van der Waals surface area contributed by atoms with Crippen LogP contribution in [0, 0.1) is 0 Å². The molecule has 20 heavy (non-hydrogen) atoms. The smallest absolute Gasteiger partial charge is 0.125 e. The Balaban J connectivity index is 2.14. The lowest BCUT2D eigenvalue weighted by molar-refractivity contribution is 0.481. The van der Waals surface area contributed by atoms with Crippen molar-refractivity contribution in [3.8, 4) is 5.75 Å². The Labute approximate surface area is 123 Å². The molecular weight excluding hydrogens is 272 g/mol. The van der Waals surface area contributed by atoms with Crippen molar-refractivity contribution < 1.29 is 5.11 Å². The first-order valence-corrected chi connectivity index (χ1v) is 7.56. The third-order valence-corrected chi connectivity index (χ3v) is 4.97. The summed E-state index contributed by atoms with van der Waals surface area (Å²) in [6.45, 7) is 1.90. The first kappa shape index (κ1) is 12.2. The number of phenolic OH excluding ortho intramolecular Hbond substituents is 1. The highest BCUT2D eigenvalue weighted by atomic mass is 35.5. The zero-order valence-corrected chi connectivity index (χ0v) is 12.2. The van der Waals surface area contributed by atoms with Crippen molar-refractivity contribution in [1.82, 2.24) is 0 Å². The minimum Gasteiger partial charge on any atom is -0.507 e. The standard InChI is InChI=1S/C16H17ClN2O/c1-19-8-9(7-17)15-13(19)6-14(20)11-2-3-12-10(16(11)15)4-5-18-12/h2-3,6,9,18,20H,4-5,7-8H2,1H3/t9-/m1/s1. The van der Waals surface area contributed by atoms with E-state index in [0.717, 1.165) is 30.6 Å². The largest absolute Gasteiger partial charge is 0.507 e. The van der Waals surface area contributed by atoms with Crippen molar-refractivity contribution in [2.45, 2.75) is 12.3 Å². The van der Waals surface area contributed by atoms with Crippen molar-refractivity contribution in [3.63, 3.8) is 0 Å². The van der Waals surface area contributed by atoms with E-state index in [2.05, 4.69) is 23.3 Å². The lowest BCUT2D eigenvalue weighted by Gasteiger charge is -2.16. The van der Waals surface area contributed by atoms with E-state index in [9.17, 15) is 5.11 Å². The quantitative estimate of drug-likeness (QED) is 0.791. The first-order chi connectivity index (χ1) is 9.70. The van der Waals surface area contributed by atoms with Crippen LogP contribution in [-0.2, 0) is 6.42 Å². The van der Waals surface area contributed by atoms with Gasteiger partial charge in [-0.15, -0.1) is 11.6 Å². The van der Waals surface area contributed by atoms with E-state index in [1.165, 1.54) is 22.2 Å². The molecule has 2 aliphatic rings. The molecular formula is C16H17ClN2O. The highest BCUT2D eigenvalue weighted by molar-refractivity contribution is 6.19. The maximum Gasteiger partial charge on any atom is 0.125 e.